The minimum Gasteiger partial charge on any atom is -0.316 e. The number of rotatable bonds is 1. The van der Waals surface area contributed by atoms with Crippen LogP contribution in [0, 0.1) is 11.8 Å². The molecule has 1 saturated carbocycles. The van der Waals surface area contributed by atoms with Gasteiger partial charge in [0.25, 0.3) is 0 Å². The highest BCUT2D eigenvalue weighted by atomic mass is 35.5. The molecule has 1 nitrogen and oxygen atoms in total. The van der Waals surface area contributed by atoms with E-state index >= 15 is 0 Å². The molecule has 1 N–H and O–H groups in total. The van der Waals surface area contributed by atoms with Crippen molar-refractivity contribution in [2.24, 2.45) is 11.8 Å². The van der Waals surface area contributed by atoms with E-state index < -0.39 is 0 Å². The fourth-order valence-electron chi connectivity index (χ4n) is 4.01. The van der Waals surface area contributed by atoms with Gasteiger partial charge in [0.15, 0.2) is 0 Å². The largest absolute Gasteiger partial charge is 0.316 e. The molecule has 1 aliphatic heterocycles. The second-order valence-corrected chi connectivity index (χ2v) is 7.20. The maximum Gasteiger partial charge on any atom is 0.0342 e. The van der Waals surface area contributed by atoms with Gasteiger partial charge in [-0.15, -0.1) is 23.7 Å². The third-order valence-corrected chi connectivity index (χ3v) is 6.10. The van der Waals surface area contributed by atoms with Crippen LogP contribution >= 0.6 is 23.7 Å². The number of benzene rings is 1. The molecule has 2 fully saturated rings. The summed E-state index contributed by atoms with van der Waals surface area (Å²) in [6.07, 6.45) is 5.62. The quantitative estimate of drug-likeness (QED) is 0.796. The van der Waals surface area contributed by atoms with Gasteiger partial charge in [0.05, 0.1) is 0 Å². The Morgan fingerprint density at radius 1 is 0.950 bits per heavy atom. The zero-order valence-corrected chi connectivity index (χ0v) is 13.3. The fraction of sp³-hybridized carbons (Fsp3) is 0.529. The predicted octanol–water partition coefficient (Wildman–Crippen LogP) is 4.82. The third-order valence-electron chi connectivity index (χ3n) is 5.20. The molecule has 3 heteroatoms. The van der Waals surface area contributed by atoms with E-state index in [1.54, 1.807) is 5.56 Å². The minimum absolute atomic E-state index is 0. The molecule has 0 amide bonds. The number of hydrogen-bond donors (Lipinski definition) is 1. The van der Waals surface area contributed by atoms with E-state index in [4.69, 9.17) is 0 Å². The third kappa shape index (κ3) is 2.61. The number of hydrogen-bond acceptors (Lipinski definition) is 2. The predicted molar refractivity (Wildman–Crippen MR) is 90.1 cm³/mol. The van der Waals surface area contributed by atoms with E-state index in [-0.39, 0.29) is 12.4 Å². The molecule has 0 spiro atoms. The van der Waals surface area contributed by atoms with Gasteiger partial charge in [0.1, 0.15) is 0 Å². The topological polar surface area (TPSA) is 12.0 Å². The first kappa shape index (κ1) is 14.4. The average molecular weight is 308 g/mol. The zero-order valence-electron chi connectivity index (χ0n) is 11.7. The van der Waals surface area contributed by atoms with E-state index in [1.165, 1.54) is 48.9 Å². The van der Waals surface area contributed by atoms with Gasteiger partial charge >= 0.3 is 0 Å². The van der Waals surface area contributed by atoms with Gasteiger partial charge in [-0.3, -0.25) is 0 Å². The van der Waals surface area contributed by atoms with Crippen LogP contribution in [0.15, 0.2) is 29.6 Å². The van der Waals surface area contributed by atoms with Gasteiger partial charge in [-0.1, -0.05) is 12.1 Å². The van der Waals surface area contributed by atoms with Gasteiger partial charge in [-0.25, -0.2) is 0 Å². The Balaban J connectivity index is 0.00000121. The van der Waals surface area contributed by atoms with E-state index in [0.29, 0.717) is 0 Å². The summed E-state index contributed by atoms with van der Waals surface area (Å²) < 4.78 is 1.43. The molecule has 1 aliphatic carbocycles. The SMILES string of the molecule is Cl.c1cc2cc(C3CCC4CNCC4CC3)ccc2s1. The molecule has 1 aromatic carbocycles. The van der Waals surface area contributed by atoms with Crippen molar-refractivity contribution in [2.75, 3.05) is 13.1 Å². The lowest BCUT2D eigenvalue weighted by Crippen LogP contribution is -2.09. The van der Waals surface area contributed by atoms with Crippen LogP contribution in [0.25, 0.3) is 10.1 Å². The molecule has 1 aromatic heterocycles. The first-order valence-electron chi connectivity index (χ1n) is 7.58. The smallest absolute Gasteiger partial charge is 0.0342 e. The number of nitrogens with one attached hydrogen (secondary N) is 1. The molecule has 2 atom stereocenters. The Bertz CT molecular complexity index is 565. The van der Waals surface area contributed by atoms with Crippen LogP contribution in [-0.2, 0) is 0 Å². The second-order valence-electron chi connectivity index (χ2n) is 6.25. The van der Waals surface area contributed by atoms with Crippen LogP contribution in [0.2, 0.25) is 0 Å². The summed E-state index contributed by atoms with van der Waals surface area (Å²) in [5.41, 5.74) is 1.58. The molecule has 108 valence electrons. The molecule has 2 aliphatic rings. The van der Waals surface area contributed by atoms with Crippen molar-refractivity contribution in [3.8, 4) is 0 Å². The Morgan fingerprint density at radius 3 is 2.45 bits per heavy atom. The van der Waals surface area contributed by atoms with Gasteiger partial charge in [-0.05, 0) is 85.0 Å². The van der Waals surface area contributed by atoms with Crippen LogP contribution < -0.4 is 5.32 Å². The van der Waals surface area contributed by atoms with Crippen molar-refractivity contribution in [1.82, 2.24) is 5.32 Å². The van der Waals surface area contributed by atoms with Crippen LogP contribution in [0.1, 0.15) is 37.2 Å². The fourth-order valence-corrected chi connectivity index (χ4v) is 4.78. The van der Waals surface area contributed by atoms with Gasteiger partial charge in [-0.2, -0.15) is 0 Å². The molecule has 0 radical (unpaired) electrons. The summed E-state index contributed by atoms with van der Waals surface area (Å²) in [7, 11) is 0. The van der Waals surface area contributed by atoms with Crippen molar-refractivity contribution in [3.05, 3.63) is 35.2 Å². The van der Waals surface area contributed by atoms with Crippen LogP contribution in [-0.4, -0.2) is 13.1 Å². The highest BCUT2D eigenvalue weighted by Crippen LogP contribution is 2.39. The average Bonchev–Trinajstić information content (AvgIpc) is 3.03. The van der Waals surface area contributed by atoms with E-state index in [1.807, 2.05) is 11.3 Å². The first-order chi connectivity index (χ1) is 9.40. The molecular weight excluding hydrogens is 286 g/mol. The number of halogens is 1. The highest BCUT2D eigenvalue weighted by Gasteiger charge is 2.31. The summed E-state index contributed by atoms with van der Waals surface area (Å²) in [6, 6.07) is 9.40. The lowest BCUT2D eigenvalue weighted by atomic mass is 9.91. The van der Waals surface area contributed by atoms with Crippen molar-refractivity contribution in [2.45, 2.75) is 31.6 Å². The lowest BCUT2D eigenvalue weighted by molar-refractivity contribution is 0.397. The minimum atomic E-state index is 0. The van der Waals surface area contributed by atoms with E-state index in [9.17, 15) is 0 Å². The monoisotopic (exact) mass is 307 g/mol. The summed E-state index contributed by atoms with van der Waals surface area (Å²) >= 11 is 1.85. The van der Waals surface area contributed by atoms with Crippen molar-refractivity contribution in [1.29, 1.82) is 0 Å². The van der Waals surface area contributed by atoms with Gasteiger partial charge in [0, 0.05) is 4.70 Å². The number of thiophene rings is 1. The highest BCUT2D eigenvalue weighted by molar-refractivity contribution is 7.17. The Morgan fingerprint density at radius 2 is 1.70 bits per heavy atom. The van der Waals surface area contributed by atoms with Crippen molar-refractivity contribution in [3.63, 3.8) is 0 Å². The normalized spacial score (nSPS) is 29.7. The van der Waals surface area contributed by atoms with Crippen LogP contribution in [0.4, 0.5) is 0 Å². The summed E-state index contributed by atoms with van der Waals surface area (Å²) in [5, 5.41) is 7.21. The second kappa shape index (κ2) is 6.05. The van der Waals surface area contributed by atoms with Crippen molar-refractivity contribution < 1.29 is 0 Å². The van der Waals surface area contributed by atoms with E-state index in [0.717, 1.165) is 17.8 Å². The molecule has 2 unspecified atom stereocenters. The molecule has 1 saturated heterocycles. The molecule has 2 heterocycles. The molecule has 0 bridgehead atoms. The first-order valence-corrected chi connectivity index (χ1v) is 8.46. The molecule has 20 heavy (non-hydrogen) atoms. The molecule has 4 rings (SSSR count). The maximum atomic E-state index is 3.57. The maximum absolute atomic E-state index is 3.57. The zero-order chi connectivity index (χ0) is 12.7. The molecule has 2 aromatic rings. The van der Waals surface area contributed by atoms with Crippen molar-refractivity contribution >= 4 is 33.8 Å². The summed E-state index contributed by atoms with van der Waals surface area (Å²) in [4.78, 5) is 0. The van der Waals surface area contributed by atoms with Gasteiger partial charge < -0.3 is 5.32 Å². The van der Waals surface area contributed by atoms with E-state index in [2.05, 4.69) is 35.0 Å². The standard InChI is InChI=1S/C17H21NS.ClH/c1-3-15-10-18-11-16(15)4-2-12(1)13-5-6-17-14(9-13)7-8-19-17;/h5-9,12,15-16,18H,1-4,10-11H2;1H. The summed E-state index contributed by atoms with van der Waals surface area (Å²) in [5.74, 6) is 2.71. The Labute approximate surface area is 131 Å². The van der Waals surface area contributed by atoms with Crippen LogP contribution in [0.3, 0.4) is 0 Å². The van der Waals surface area contributed by atoms with Crippen LogP contribution in [0.5, 0.6) is 0 Å². The Hall–Kier alpha value is -0.570. The molecular formula is C17H22ClNS. The van der Waals surface area contributed by atoms with Gasteiger partial charge in [0.2, 0.25) is 0 Å². The number of fused-ring (bicyclic) bond motifs is 2. The summed E-state index contributed by atoms with van der Waals surface area (Å²) in [6.45, 7) is 2.53. The Kier molecular flexibility index (Phi) is 4.34. The lowest BCUT2D eigenvalue weighted by Gasteiger charge is -2.15.